The van der Waals surface area contributed by atoms with Gasteiger partial charge in [0.05, 0.1) is 37.7 Å². The minimum Gasteiger partial charge on any atom is -0.466 e. The van der Waals surface area contributed by atoms with E-state index in [4.69, 9.17) is 9.47 Å². The standard InChI is InChI=1S/C23H31N5O5S2/c1-2-33-20(30)13-16-14-35-22(24-16)25-19(29)15-34-21-17-5-3-4-6-18(17)28(23(31)26-21)8-7-27-9-11-32-12-10-27/h14H,2-13,15H2,1H3,(H,24,25,29). The second kappa shape index (κ2) is 12.6. The number of hydrogen-bond donors (Lipinski definition) is 1. The van der Waals surface area contributed by atoms with Crippen LogP contribution in [0.25, 0.3) is 0 Å². The van der Waals surface area contributed by atoms with Crippen molar-refractivity contribution in [1.82, 2.24) is 19.4 Å². The van der Waals surface area contributed by atoms with E-state index in [1.807, 2.05) is 4.57 Å². The number of nitrogens with zero attached hydrogens (tertiary/aromatic N) is 4. The maximum absolute atomic E-state index is 12.9. The van der Waals surface area contributed by atoms with E-state index in [0.29, 0.717) is 29.0 Å². The van der Waals surface area contributed by atoms with E-state index < -0.39 is 0 Å². The lowest BCUT2D eigenvalue weighted by Gasteiger charge is -2.28. The van der Waals surface area contributed by atoms with E-state index in [1.54, 1.807) is 12.3 Å². The molecule has 0 radical (unpaired) electrons. The maximum Gasteiger partial charge on any atom is 0.348 e. The first-order valence-electron chi connectivity index (χ1n) is 12.0. The third kappa shape index (κ3) is 7.12. The molecule has 0 aromatic carbocycles. The Morgan fingerprint density at radius 3 is 2.80 bits per heavy atom. The monoisotopic (exact) mass is 521 g/mol. The second-order valence-corrected chi connectivity index (χ2v) is 10.2. The van der Waals surface area contributed by atoms with Crippen LogP contribution in [-0.4, -0.2) is 76.5 Å². The number of ether oxygens (including phenoxy) is 2. The number of nitrogens with one attached hydrogen (secondary N) is 1. The van der Waals surface area contributed by atoms with Crippen molar-refractivity contribution in [1.29, 1.82) is 0 Å². The first-order valence-corrected chi connectivity index (χ1v) is 13.9. The van der Waals surface area contributed by atoms with Gasteiger partial charge in [-0.2, -0.15) is 4.98 Å². The van der Waals surface area contributed by atoms with E-state index in [2.05, 4.69) is 20.2 Å². The minimum atomic E-state index is -0.346. The average molecular weight is 522 g/mol. The highest BCUT2D eigenvalue weighted by Gasteiger charge is 2.22. The van der Waals surface area contributed by atoms with Gasteiger partial charge in [0.25, 0.3) is 0 Å². The molecule has 12 heteroatoms. The molecule has 0 spiro atoms. The fourth-order valence-corrected chi connectivity index (χ4v) is 5.86. The maximum atomic E-state index is 12.9. The zero-order valence-electron chi connectivity index (χ0n) is 19.9. The van der Waals surface area contributed by atoms with Gasteiger partial charge < -0.3 is 14.8 Å². The summed E-state index contributed by atoms with van der Waals surface area (Å²) in [5, 5.41) is 5.59. The van der Waals surface area contributed by atoms with Crippen LogP contribution in [0.4, 0.5) is 5.13 Å². The molecule has 0 bridgehead atoms. The van der Waals surface area contributed by atoms with Crippen LogP contribution in [0.1, 0.15) is 36.7 Å². The Balaban J connectivity index is 1.37. The van der Waals surface area contributed by atoms with E-state index in [0.717, 1.165) is 69.8 Å². The van der Waals surface area contributed by atoms with Crippen molar-refractivity contribution in [3.05, 3.63) is 32.8 Å². The molecule has 0 saturated carbocycles. The van der Waals surface area contributed by atoms with Gasteiger partial charge in [-0.1, -0.05) is 11.8 Å². The smallest absolute Gasteiger partial charge is 0.348 e. The van der Waals surface area contributed by atoms with Gasteiger partial charge in [0.2, 0.25) is 5.91 Å². The summed E-state index contributed by atoms with van der Waals surface area (Å²) < 4.78 is 12.2. The number of carbonyl (C=O) groups excluding carboxylic acids is 2. The predicted octanol–water partition coefficient (Wildman–Crippen LogP) is 1.75. The highest BCUT2D eigenvalue weighted by atomic mass is 32.2. The van der Waals surface area contributed by atoms with Crippen LogP contribution < -0.4 is 11.0 Å². The number of anilines is 1. The van der Waals surface area contributed by atoms with Gasteiger partial charge in [-0.05, 0) is 32.6 Å². The fourth-order valence-electron chi connectivity index (χ4n) is 4.26. The molecule has 2 aliphatic rings. The Kier molecular flexibility index (Phi) is 9.30. The van der Waals surface area contributed by atoms with Crippen molar-refractivity contribution < 1.29 is 19.1 Å². The van der Waals surface area contributed by atoms with Crippen molar-refractivity contribution in [3.8, 4) is 0 Å². The van der Waals surface area contributed by atoms with Crippen molar-refractivity contribution >= 4 is 40.1 Å². The lowest BCUT2D eigenvalue weighted by atomic mass is 9.97. The number of thiazole rings is 1. The molecule has 1 N–H and O–H groups in total. The van der Waals surface area contributed by atoms with Crippen molar-refractivity contribution in [3.63, 3.8) is 0 Å². The number of esters is 1. The number of amides is 1. The first-order chi connectivity index (χ1) is 17.0. The summed E-state index contributed by atoms with van der Waals surface area (Å²) >= 11 is 2.56. The molecule has 2 aromatic heterocycles. The van der Waals surface area contributed by atoms with E-state index in [-0.39, 0.29) is 29.7 Å². The van der Waals surface area contributed by atoms with Gasteiger partial charge in [0.15, 0.2) is 5.13 Å². The molecule has 1 aliphatic heterocycles. The molecule has 0 atom stereocenters. The topological polar surface area (TPSA) is 116 Å². The average Bonchev–Trinajstić information content (AvgIpc) is 3.29. The summed E-state index contributed by atoms with van der Waals surface area (Å²) in [6.07, 6.45) is 3.91. The Labute approximate surface area is 212 Å². The first kappa shape index (κ1) is 25.8. The fraction of sp³-hybridized carbons (Fsp3) is 0.609. The summed E-state index contributed by atoms with van der Waals surface area (Å²) in [6, 6.07) is 0. The number of thioether (sulfide) groups is 1. The quantitative estimate of drug-likeness (QED) is 0.284. The van der Waals surface area contributed by atoms with Gasteiger partial charge >= 0.3 is 11.7 Å². The molecular formula is C23H31N5O5S2. The summed E-state index contributed by atoms with van der Waals surface area (Å²) in [4.78, 5) is 48.0. The van der Waals surface area contributed by atoms with Gasteiger partial charge in [-0.25, -0.2) is 9.78 Å². The SMILES string of the molecule is CCOC(=O)Cc1csc(NC(=O)CSc2nc(=O)n(CCN3CCOCC3)c3c2CCCC3)n1. The number of hydrogen-bond acceptors (Lipinski definition) is 10. The molecular weight excluding hydrogens is 490 g/mol. The zero-order valence-corrected chi connectivity index (χ0v) is 21.5. The largest absolute Gasteiger partial charge is 0.466 e. The van der Waals surface area contributed by atoms with Crippen molar-refractivity contribution in [2.24, 2.45) is 0 Å². The van der Waals surface area contributed by atoms with Crippen molar-refractivity contribution in [2.75, 3.05) is 50.5 Å². The number of rotatable bonds is 10. The number of aromatic nitrogens is 3. The summed E-state index contributed by atoms with van der Waals surface area (Å²) in [5.41, 5.74) is 2.48. The molecule has 35 heavy (non-hydrogen) atoms. The third-order valence-corrected chi connectivity index (χ3v) is 7.79. The molecule has 1 aliphatic carbocycles. The molecule has 4 rings (SSSR count). The van der Waals surface area contributed by atoms with Crippen LogP contribution in [0.2, 0.25) is 0 Å². The van der Waals surface area contributed by atoms with Crippen LogP contribution in [-0.2, 0) is 44.9 Å². The summed E-state index contributed by atoms with van der Waals surface area (Å²) in [6.45, 7) is 6.73. The Hall–Kier alpha value is -2.28. The van der Waals surface area contributed by atoms with E-state index >= 15 is 0 Å². The predicted molar refractivity (Wildman–Crippen MR) is 134 cm³/mol. The summed E-state index contributed by atoms with van der Waals surface area (Å²) in [5.74, 6) is -0.444. The van der Waals surface area contributed by atoms with Crippen LogP contribution in [0.5, 0.6) is 0 Å². The van der Waals surface area contributed by atoms with Crippen molar-refractivity contribution in [2.45, 2.75) is 50.6 Å². The van der Waals surface area contributed by atoms with Gasteiger partial charge in [-0.3, -0.25) is 19.1 Å². The van der Waals surface area contributed by atoms with Gasteiger partial charge in [0.1, 0.15) is 5.03 Å². The van der Waals surface area contributed by atoms with Crippen LogP contribution in [0, 0.1) is 0 Å². The van der Waals surface area contributed by atoms with E-state index in [1.165, 1.54) is 23.1 Å². The highest BCUT2D eigenvalue weighted by molar-refractivity contribution is 8.00. The molecule has 1 saturated heterocycles. The van der Waals surface area contributed by atoms with Crippen LogP contribution in [0.3, 0.4) is 0 Å². The molecule has 1 fully saturated rings. The van der Waals surface area contributed by atoms with Crippen LogP contribution in [0.15, 0.2) is 15.2 Å². The Morgan fingerprint density at radius 1 is 1.20 bits per heavy atom. The van der Waals surface area contributed by atoms with Gasteiger partial charge in [-0.15, -0.1) is 11.3 Å². The molecule has 190 valence electrons. The Morgan fingerprint density at radius 2 is 2.00 bits per heavy atom. The molecule has 3 heterocycles. The second-order valence-electron chi connectivity index (χ2n) is 8.40. The Bertz CT molecular complexity index is 1100. The normalized spacial score (nSPS) is 16.0. The summed E-state index contributed by atoms with van der Waals surface area (Å²) in [7, 11) is 0. The molecule has 1 amide bonds. The lowest BCUT2D eigenvalue weighted by Crippen LogP contribution is -2.40. The minimum absolute atomic E-state index is 0.0762. The molecule has 2 aromatic rings. The zero-order chi connectivity index (χ0) is 24.6. The lowest BCUT2D eigenvalue weighted by molar-refractivity contribution is -0.142. The highest BCUT2D eigenvalue weighted by Crippen LogP contribution is 2.28. The van der Waals surface area contributed by atoms with Gasteiger partial charge in [0, 0.05) is 42.8 Å². The number of morpholine rings is 1. The number of fused-ring (bicyclic) bond motifs is 1. The van der Waals surface area contributed by atoms with Crippen LogP contribution >= 0.6 is 23.1 Å². The van der Waals surface area contributed by atoms with E-state index in [9.17, 15) is 14.4 Å². The molecule has 10 nitrogen and oxygen atoms in total. The molecule has 0 unspecified atom stereocenters. The number of carbonyl (C=O) groups is 2. The third-order valence-electron chi connectivity index (χ3n) is 5.96.